The lowest BCUT2D eigenvalue weighted by Gasteiger charge is -2.10. The Labute approximate surface area is 310 Å². The molecule has 0 spiro atoms. The molecule has 0 atom stereocenters. The minimum absolute atomic E-state index is 0.000938. The molecule has 292 valence electrons. The molecule has 0 aliphatic carbocycles. The Morgan fingerprint density at radius 2 is 0.717 bits per heavy atom. The fraction of sp³-hybridized carbons (Fsp3) is 0.462. The standard InChI is InChI=1S/C23H28O8.C16H24O6/c24-16-18-4-6-20(26)22(14-18)30-12-10-28-8-2-1-3-9-29-11-13-31-23-15-19(17-25)5-7-21(23)27;1-2-5-19-6-7-20-8-9-21-10-11-22-16-12-14(13-17)3-4-15(16)18/h4-7,14-17,26-27H,1-3,8-13H2;3-4,12-13,18H,2,5-11H2,1H3. The van der Waals surface area contributed by atoms with E-state index in [1.807, 2.05) is 0 Å². The summed E-state index contributed by atoms with van der Waals surface area (Å²) in [5, 5.41) is 28.9. The molecule has 0 aliphatic heterocycles. The summed E-state index contributed by atoms with van der Waals surface area (Å²) in [6, 6.07) is 13.3. The summed E-state index contributed by atoms with van der Waals surface area (Å²) in [7, 11) is 0. The van der Waals surface area contributed by atoms with Crippen molar-refractivity contribution in [2.45, 2.75) is 32.6 Å². The molecule has 14 heteroatoms. The van der Waals surface area contributed by atoms with Crippen molar-refractivity contribution in [2.75, 3.05) is 85.9 Å². The van der Waals surface area contributed by atoms with Crippen molar-refractivity contribution in [3.63, 3.8) is 0 Å². The van der Waals surface area contributed by atoms with Crippen LogP contribution in [0.5, 0.6) is 34.5 Å². The summed E-state index contributed by atoms with van der Waals surface area (Å²) < 4.78 is 43.1. The maximum Gasteiger partial charge on any atom is 0.161 e. The lowest BCUT2D eigenvalue weighted by molar-refractivity contribution is 0.00933. The van der Waals surface area contributed by atoms with Gasteiger partial charge in [0.1, 0.15) is 38.7 Å². The molecule has 0 aromatic heterocycles. The minimum Gasteiger partial charge on any atom is -0.504 e. The second kappa shape index (κ2) is 28.8. The number of aldehydes is 3. The predicted molar refractivity (Wildman–Crippen MR) is 195 cm³/mol. The first kappa shape index (κ1) is 44.4. The number of carbonyl (C=O) groups is 3. The highest BCUT2D eigenvalue weighted by Gasteiger charge is 2.06. The average molecular weight is 745 g/mol. The van der Waals surface area contributed by atoms with E-state index in [-0.39, 0.29) is 54.3 Å². The predicted octanol–water partition coefficient (Wildman–Crippen LogP) is 5.43. The van der Waals surface area contributed by atoms with Gasteiger partial charge in [0.25, 0.3) is 0 Å². The number of benzene rings is 3. The Hall–Kier alpha value is -4.73. The Bertz CT molecular complexity index is 1380. The largest absolute Gasteiger partial charge is 0.504 e. The molecule has 3 aromatic rings. The number of ether oxygens (including phenoxy) is 8. The number of aromatic hydroxyl groups is 3. The first-order chi connectivity index (χ1) is 25.9. The first-order valence-corrected chi connectivity index (χ1v) is 17.5. The highest BCUT2D eigenvalue weighted by atomic mass is 16.6. The van der Waals surface area contributed by atoms with Gasteiger partial charge in [-0.1, -0.05) is 6.92 Å². The molecular formula is C39H52O14. The van der Waals surface area contributed by atoms with E-state index in [1.54, 1.807) is 0 Å². The van der Waals surface area contributed by atoms with Crippen LogP contribution in [-0.4, -0.2) is 120 Å². The molecule has 0 bridgehead atoms. The van der Waals surface area contributed by atoms with E-state index < -0.39 is 0 Å². The lowest BCUT2D eigenvalue weighted by atomic mass is 10.2. The molecule has 3 N–H and O–H groups in total. The molecule has 0 fully saturated rings. The summed E-state index contributed by atoms with van der Waals surface area (Å²) in [6.45, 7) is 8.14. The zero-order valence-corrected chi connectivity index (χ0v) is 30.3. The van der Waals surface area contributed by atoms with Gasteiger partial charge in [-0.3, -0.25) is 14.4 Å². The van der Waals surface area contributed by atoms with Crippen molar-refractivity contribution < 1.29 is 67.6 Å². The van der Waals surface area contributed by atoms with E-state index in [0.29, 0.717) is 95.0 Å². The van der Waals surface area contributed by atoms with Gasteiger partial charge in [-0.05, 0) is 80.3 Å². The van der Waals surface area contributed by atoms with Gasteiger partial charge in [-0.2, -0.15) is 0 Å². The number of rotatable bonds is 29. The molecule has 53 heavy (non-hydrogen) atoms. The lowest BCUT2D eigenvalue weighted by Crippen LogP contribution is -2.13. The fourth-order valence-corrected chi connectivity index (χ4v) is 4.27. The van der Waals surface area contributed by atoms with E-state index in [1.165, 1.54) is 54.6 Å². The number of hydrogen-bond acceptors (Lipinski definition) is 14. The van der Waals surface area contributed by atoms with Crippen molar-refractivity contribution in [2.24, 2.45) is 0 Å². The van der Waals surface area contributed by atoms with Crippen LogP contribution in [0, 0.1) is 0 Å². The molecule has 14 nitrogen and oxygen atoms in total. The van der Waals surface area contributed by atoms with E-state index in [9.17, 15) is 29.7 Å². The van der Waals surface area contributed by atoms with Crippen molar-refractivity contribution in [1.82, 2.24) is 0 Å². The first-order valence-electron chi connectivity index (χ1n) is 17.5. The van der Waals surface area contributed by atoms with Gasteiger partial charge in [0.2, 0.25) is 0 Å². The summed E-state index contributed by atoms with van der Waals surface area (Å²) in [6.07, 6.45) is 5.82. The van der Waals surface area contributed by atoms with Crippen LogP contribution in [0.3, 0.4) is 0 Å². The Balaban J connectivity index is 0.000000390. The van der Waals surface area contributed by atoms with Gasteiger partial charge >= 0.3 is 0 Å². The number of carbonyl (C=O) groups excluding carboxylic acids is 3. The summed E-state index contributed by atoms with van der Waals surface area (Å²) in [4.78, 5) is 32.1. The van der Waals surface area contributed by atoms with Crippen LogP contribution in [0.4, 0.5) is 0 Å². The van der Waals surface area contributed by atoms with E-state index in [4.69, 9.17) is 37.9 Å². The molecule has 0 amide bonds. The van der Waals surface area contributed by atoms with E-state index >= 15 is 0 Å². The van der Waals surface area contributed by atoms with Crippen LogP contribution < -0.4 is 14.2 Å². The maximum absolute atomic E-state index is 10.7. The quantitative estimate of drug-likeness (QED) is 0.0604. The molecule has 3 aromatic carbocycles. The highest BCUT2D eigenvalue weighted by Crippen LogP contribution is 2.27. The van der Waals surface area contributed by atoms with Crippen molar-refractivity contribution >= 4 is 18.9 Å². The molecule has 0 saturated heterocycles. The molecular weight excluding hydrogens is 692 g/mol. The third-order valence-electron chi connectivity index (χ3n) is 6.99. The Morgan fingerprint density at radius 3 is 1.04 bits per heavy atom. The van der Waals surface area contributed by atoms with Gasteiger partial charge in [0.05, 0.1) is 46.2 Å². The maximum atomic E-state index is 10.7. The normalized spacial score (nSPS) is 10.6. The van der Waals surface area contributed by atoms with Crippen LogP contribution in [-0.2, 0) is 23.7 Å². The van der Waals surface area contributed by atoms with Crippen LogP contribution in [0.2, 0.25) is 0 Å². The smallest absolute Gasteiger partial charge is 0.161 e. The molecule has 3 rings (SSSR count). The van der Waals surface area contributed by atoms with Gasteiger partial charge in [0.15, 0.2) is 34.5 Å². The van der Waals surface area contributed by atoms with Gasteiger partial charge in [-0.25, -0.2) is 0 Å². The third-order valence-corrected chi connectivity index (χ3v) is 6.99. The topological polar surface area (TPSA) is 186 Å². The number of hydrogen-bond donors (Lipinski definition) is 3. The average Bonchev–Trinajstić information content (AvgIpc) is 3.17. The van der Waals surface area contributed by atoms with Gasteiger partial charge < -0.3 is 53.2 Å². The van der Waals surface area contributed by atoms with Crippen LogP contribution in [0.15, 0.2) is 54.6 Å². The monoisotopic (exact) mass is 744 g/mol. The zero-order valence-electron chi connectivity index (χ0n) is 30.3. The SMILES string of the molecule is CCCOCCOCCOCCOc1cc(C=O)ccc1O.O=Cc1ccc(O)c(OCCOCCCCCOCCOc2cc(C=O)ccc2O)c1. The highest BCUT2D eigenvalue weighted by molar-refractivity contribution is 5.77. The van der Waals surface area contributed by atoms with Gasteiger partial charge in [0, 0.05) is 36.5 Å². The summed E-state index contributed by atoms with van der Waals surface area (Å²) >= 11 is 0. The van der Waals surface area contributed by atoms with Crippen molar-refractivity contribution in [1.29, 1.82) is 0 Å². The second-order valence-electron chi connectivity index (χ2n) is 11.2. The zero-order chi connectivity index (χ0) is 38.4. The van der Waals surface area contributed by atoms with Crippen molar-refractivity contribution in [3.8, 4) is 34.5 Å². The number of phenols is 3. The summed E-state index contributed by atoms with van der Waals surface area (Å²) in [5.41, 5.74) is 1.33. The number of unbranched alkanes of at least 4 members (excludes halogenated alkanes) is 2. The van der Waals surface area contributed by atoms with Crippen LogP contribution >= 0.6 is 0 Å². The molecule has 0 radical (unpaired) electrons. The van der Waals surface area contributed by atoms with E-state index in [2.05, 4.69) is 6.92 Å². The summed E-state index contributed by atoms with van der Waals surface area (Å²) in [5.74, 6) is 0.782. The Morgan fingerprint density at radius 1 is 0.415 bits per heavy atom. The molecule has 0 unspecified atom stereocenters. The third kappa shape index (κ3) is 20.2. The fourth-order valence-electron chi connectivity index (χ4n) is 4.27. The Kier molecular flexibility index (Phi) is 24.2. The van der Waals surface area contributed by atoms with Crippen LogP contribution in [0.1, 0.15) is 63.7 Å². The van der Waals surface area contributed by atoms with Gasteiger partial charge in [-0.15, -0.1) is 0 Å². The van der Waals surface area contributed by atoms with E-state index in [0.717, 1.165) is 32.3 Å². The minimum atomic E-state index is -0.0118. The van der Waals surface area contributed by atoms with Crippen molar-refractivity contribution in [3.05, 3.63) is 71.3 Å². The number of phenolic OH excluding ortho intramolecular Hbond substituents is 3. The molecule has 0 heterocycles. The van der Waals surface area contributed by atoms with Crippen LogP contribution in [0.25, 0.3) is 0 Å². The second-order valence-corrected chi connectivity index (χ2v) is 11.2. The molecule has 0 saturated carbocycles. The molecule has 0 aliphatic rings.